The van der Waals surface area contributed by atoms with Gasteiger partial charge in [-0.05, 0) is 72.8 Å². The minimum Gasteiger partial charge on any atom is -0.512 e. The van der Waals surface area contributed by atoms with E-state index in [2.05, 4.69) is 67.4 Å². The molecule has 5 rings (SSSR count). The smallest absolute Gasteiger partial charge is 0.164 e. The van der Waals surface area contributed by atoms with E-state index >= 15 is 0 Å². The third-order valence-electron chi connectivity index (χ3n) is 10.2. The molecule has 241 valence electrons. The molecule has 2 heterocycles. The molecule has 0 saturated carbocycles. The van der Waals surface area contributed by atoms with Crippen molar-refractivity contribution in [3.8, 4) is 22.4 Å². The Morgan fingerprint density at radius 2 is 1.53 bits per heavy atom. The Balaban J connectivity index is 0.000000270. The summed E-state index contributed by atoms with van der Waals surface area (Å²) in [5.74, 6) is 0.737. The van der Waals surface area contributed by atoms with E-state index in [1.54, 1.807) is 0 Å². The largest absolute Gasteiger partial charge is 0.512 e. The molecule has 0 saturated heterocycles. The zero-order chi connectivity index (χ0) is 32.1. The molecule has 5 heteroatoms. The van der Waals surface area contributed by atoms with Gasteiger partial charge in [-0.1, -0.05) is 90.6 Å². The molecule has 2 aromatic carbocycles. The molecule has 0 amide bonds. The van der Waals surface area contributed by atoms with Gasteiger partial charge in [-0.15, -0.1) is 29.1 Å². The topological polar surface area (TPSA) is 63.1 Å². The maximum absolute atomic E-state index is 12.2. The van der Waals surface area contributed by atoms with Gasteiger partial charge in [0.1, 0.15) is 5.76 Å². The van der Waals surface area contributed by atoms with Crippen molar-refractivity contribution >= 4 is 16.6 Å². The number of aromatic nitrogens is 2. The van der Waals surface area contributed by atoms with Gasteiger partial charge in [0, 0.05) is 61.3 Å². The van der Waals surface area contributed by atoms with Gasteiger partial charge >= 0.3 is 0 Å². The Morgan fingerprint density at radius 3 is 2.16 bits per heavy atom. The summed E-state index contributed by atoms with van der Waals surface area (Å²) in [6, 6.07) is 18.7. The number of aliphatic hydroxyl groups is 1. The van der Waals surface area contributed by atoms with Crippen molar-refractivity contribution < 1.29 is 30.0 Å². The van der Waals surface area contributed by atoms with Crippen LogP contribution >= 0.6 is 0 Å². The van der Waals surface area contributed by atoms with Crippen molar-refractivity contribution in [3.63, 3.8) is 0 Å². The molecular formula is C40H49IrN2O2-. The van der Waals surface area contributed by atoms with Crippen LogP contribution in [-0.4, -0.2) is 20.9 Å². The number of rotatable bonds is 9. The molecule has 0 bridgehead atoms. The van der Waals surface area contributed by atoms with Gasteiger partial charge in [0.05, 0.1) is 0 Å². The number of hydrogen-bond acceptors (Lipinski definition) is 4. The number of carbonyl (C=O) groups excluding carboxylic acids is 1. The zero-order valence-electron chi connectivity index (χ0n) is 28.3. The number of pyridine rings is 2. The molecule has 2 aromatic heterocycles. The van der Waals surface area contributed by atoms with Crippen molar-refractivity contribution in [1.29, 1.82) is 0 Å². The van der Waals surface area contributed by atoms with Crippen LogP contribution in [0.5, 0.6) is 0 Å². The molecule has 45 heavy (non-hydrogen) atoms. The van der Waals surface area contributed by atoms with E-state index in [0.717, 1.165) is 55.2 Å². The second kappa shape index (κ2) is 15.4. The van der Waals surface area contributed by atoms with Gasteiger partial charge in [0.15, 0.2) is 5.78 Å². The second-order valence-corrected chi connectivity index (χ2v) is 13.0. The van der Waals surface area contributed by atoms with Crippen LogP contribution < -0.4 is 0 Å². The van der Waals surface area contributed by atoms with Crippen LogP contribution in [0.1, 0.15) is 104 Å². The Bertz CT molecular complexity index is 1650. The maximum Gasteiger partial charge on any atom is 0.164 e. The van der Waals surface area contributed by atoms with E-state index in [-0.39, 0.29) is 42.5 Å². The van der Waals surface area contributed by atoms with Crippen LogP contribution in [0.4, 0.5) is 0 Å². The van der Waals surface area contributed by atoms with Crippen LogP contribution in [0, 0.1) is 16.9 Å². The van der Waals surface area contributed by atoms with Crippen LogP contribution in [0.25, 0.3) is 33.2 Å². The van der Waals surface area contributed by atoms with Gasteiger partial charge in [0.25, 0.3) is 0 Å². The fraction of sp³-hybridized carbons (Fsp3) is 0.425. The standard InChI is InChI=1S/C25H21N2.C15H28O2.Ir/c1-16(2)23-12-20(11-17-5-3-4-6-21(17)23)25-13-24-19(15-27-25)8-7-18-14-26-10-9-22(18)24;1-7-14(5,8-2)12(16)11-13(17)15(6,9-3)10-4;/h3-6,9-10,12-16H,7-8H2,1-2H3;11,16H,7-10H2,1-6H3;/q-1;;/b;12-11-;. The fourth-order valence-electron chi connectivity index (χ4n) is 5.80. The predicted octanol–water partition coefficient (Wildman–Crippen LogP) is 10.6. The van der Waals surface area contributed by atoms with E-state index in [1.807, 2.05) is 60.1 Å². The summed E-state index contributed by atoms with van der Waals surface area (Å²) >= 11 is 0. The molecule has 4 aromatic rings. The first-order valence-electron chi connectivity index (χ1n) is 16.3. The molecule has 0 fully saturated rings. The molecular weight excluding hydrogens is 733 g/mol. The summed E-state index contributed by atoms with van der Waals surface area (Å²) in [5.41, 5.74) is 8.04. The first-order chi connectivity index (χ1) is 21.0. The van der Waals surface area contributed by atoms with Gasteiger partial charge < -0.3 is 5.11 Å². The third-order valence-corrected chi connectivity index (χ3v) is 10.2. The van der Waals surface area contributed by atoms with E-state index < -0.39 is 0 Å². The number of ketones is 1. The van der Waals surface area contributed by atoms with E-state index in [0.29, 0.717) is 5.92 Å². The second-order valence-electron chi connectivity index (χ2n) is 13.0. The molecule has 0 unspecified atom stereocenters. The number of nitrogens with zero attached hydrogens (tertiary/aromatic N) is 2. The quantitative estimate of drug-likeness (QED) is 0.104. The van der Waals surface area contributed by atoms with E-state index in [9.17, 15) is 9.90 Å². The molecule has 1 radical (unpaired) electrons. The number of fused-ring (bicyclic) bond motifs is 4. The zero-order valence-corrected chi connectivity index (χ0v) is 30.6. The summed E-state index contributed by atoms with van der Waals surface area (Å²) < 4.78 is 0. The van der Waals surface area contributed by atoms with Gasteiger partial charge in [-0.2, -0.15) is 0 Å². The number of carbonyl (C=O) groups is 1. The maximum atomic E-state index is 12.2. The van der Waals surface area contributed by atoms with Crippen LogP contribution in [0.2, 0.25) is 0 Å². The molecule has 4 nitrogen and oxygen atoms in total. The Labute approximate surface area is 284 Å². The van der Waals surface area contributed by atoms with Gasteiger partial charge in [-0.3, -0.25) is 14.8 Å². The van der Waals surface area contributed by atoms with Crippen LogP contribution in [0.15, 0.2) is 72.9 Å². The Morgan fingerprint density at radius 1 is 0.911 bits per heavy atom. The van der Waals surface area contributed by atoms with Crippen molar-refractivity contribution in [2.24, 2.45) is 10.8 Å². The molecule has 0 spiro atoms. The molecule has 1 aliphatic rings. The first-order valence-corrected chi connectivity index (χ1v) is 16.3. The van der Waals surface area contributed by atoms with E-state index in [1.165, 1.54) is 39.3 Å². The van der Waals surface area contributed by atoms with Crippen molar-refractivity contribution in [2.45, 2.75) is 99.8 Å². The summed E-state index contributed by atoms with van der Waals surface area (Å²) in [6.07, 6.45) is 12.7. The monoisotopic (exact) mass is 782 g/mol. The number of benzene rings is 2. The number of allylic oxidation sites excluding steroid dienone is 2. The molecule has 0 aliphatic heterocycles. The van der Waals surface area contributed by atoms with Gasteiger partial charge in [0.2, 0.25) is 0 Å². The van der Waals surface area contributed by atoms with E-state index in [4.69, 9.17) is 4.98 Å². The fourth-order valence-corrected chi connectivity index (χ4v) is 5.80. The third kappa shape index (κ3) is 7.81. The Kier molecular flexibility index (Phi) is 12.5. The number of hydrogen-bond donors (Lipinski definition) is 1. The van der Waals surface area contributed by atoms with Crippen LogP contribution in [0.3, 0.4) is 0 Å². The van der Waals surface area contributed by atoms with Crippen LogP contribution in [-0.2, 0) is 37.7 Å². The summed E-state index contributed by atoms with van der Waals surface area (Å²) in [4.78, 5) is 21.3. The first kappa shape index (κ1) is 36.3. The molecule has 1 N–H and O–H groups in total. The number of aryl methyl sites for hydroxylation is 2. The van der Waals surface area contributed by atoms with Crippen molar-refractivity contribution in [3.05, 3.63) is 95.6 Å². The Hall–Kier alpha value is -3.14. The van der Waals surface area contributed by atoms with Crippen molar-refractivity contribution in [1.82, 2.24) is 9.97 Å². The SMILES string of the molecule is CC(C)c1cc(-c2cc3c(cn2)CCc2cnccc2-3)[c-]c2ccccc12.CCC(C)(CC)C(=O)/C=C(\O)C(C)(CC)CC.[Ir]. The summed E-state index contributed by atoms with van der Waals surface area (Å²) in [7, 11) is 0. The average Bonchev–Trinajstić information content (AvgIpc) is 3.06. The normalized spacial score (nSPS) is 13.0. The minimum absolute atomic E-state index is 0. The average molecular weight is 782 g/mol. The van der Waals surface area contributed by atoms with Crippen molar-refractivity contribution in [2.75, 3.05) is 0 Å². The van der Waals surface area contributed by atoms with Gasteiger partial charge in [-0.25, -0.2) is 0 Å². The molecule has 1 aliphatic carbocycles. The predicted molar refractivity (Wildman–Crippen MR) is 184 cm³/mol. The molecule has 0 atom stereocenters. The summed E-state index contributed by atoms with van der Waals surface area (Å²) in [6.45, 7) is 16.6. The minimum atomic E-state index is -0.337. The summed E-state index contributed by atoms with van der Waals surface area (Å²) in [5, 5.41) is 12.6. The number of aliphatic hydroxyl groups excluding tert-OH is 1.